The van der Waals surface area contributed by atoms with Crippen LogP contribution in [0.25, 0.3) is 0 Å². The number of aliphatic hydroxyl groups excluding tert-OH is 1. The molecule has 1 amide bonds. The van der Waals surface area contributed by atoms with Crippen molar-refractivity contribution in [3.8, 4) is 0 Å². The van der Waals surface area contributed by atoms with E-state index < -0.39 is 24.2 Å². The number of alkyl carbamates (subject to hydrolysis) is 1. The monoisotopic (exact) mass is 295 g/mol. The molecule has 1 aromatic rings. The minimum Gasteiger partial charge on any atom is -0.461 e. The summed E-state index contributed by atoms with van der Waals surface area (Å²) in [4.78, 5) is 23.6. The zero-order valence-corrected chi connectivity index (χ0v) is 12.4. The van der Waals surface area contributed by atoms with Gasteiger partial charge in [0.05, 0.1) is 12.7 Å². The fourth-order valence-corrected chi connectivity index (χ4v) is 1.71. The normalized spacial score (nSPS) is 13.4. The van der Waals surface area contributed by atoms with Crippen molar-refractivity contribution in [3.05, 3.63) is 35.9 Å². The van der Waals surface area contributed by atoms with Crippen LogP contribution in [0.3, 0.4) is 0 Å². The first-order chi connectivity index (χ1) is 9.95. The van der Waals surface area contributed by atoms with Crippen molar-refractivity contribution < 1.29 is 24.2 Å². The van der Waals surface area contributed by atoms with E-state index in [4.69, 9.17) is 9.47 Å². The van der Waals surface area contributed by atoms with Gasteiger partial charge in [-0.05, 0) is 26.3 Å². The number of nitrogens with one attached hydrogen (secondary N) is 1. The summed E-state index contributed by atoms with van der Waals surface area (Å²) in [7, 11) is 0. The molecule has 0 spiro atoms. The second-order valence-corrected chi connectivity index (χ2v) is 4.68. The second kappa shape index (κ2) is 8.26. The zero-order chi connectivity index (χ0) is 15.8. The van der Waals surface area contributed by atoms with E-state index >= 15 is 0 Å². The number of aliphatic hydroxyl groups is 1. The van der Waals surface area contributed by atoms with Gasteiger partial charge in [0.2, 0.25) is 0 Å². The molecule has 0 bridgehead atoms. The molecule has 21 heavy (non-hydrogen) atoms. The van der Waals surface area contributed by atoms with Crippen LogP contribution >= 0.6 is 0 Å². The van der Waals surface area contributed by atoms with Crippen LogP contribution in [0, 0.1) is 0 Å². The predicted molar refractivity (Wildman–Crippen MR) is 76.6 cm³/mol. The van der Waals surface area contributed by atoms with Gasteiger partial charge in [0.15, 0.2) is 6.04 Å². The highest BCUT2D eigenvalue weighted by Gasteiger charge is 2.32. The van der Waals surface area contributed by atoms with Gasteiger partial charge < -0.3 is 19.9 Å². The number of hydrogen-bond donors (Lipinski definition) is 2. The number of esters is 1. The summed E-state index contributed by atoms with van der Waals surface area (Å²) in [6.07, 6.45) is -2.35. The summed E-state index contributed by atoms with van der Waals surface area (Å²) in [6.45, 7) is 5.19. The Labute approximate surface area is 124 Å². The van der Waals surface area contributed by atoms with Crippen LogP contribution in [0.5, 0.6) is 0 Å². The fraction of sp³-hybridized carbons (Fsp3) is 0.467. The van der Waals surface area contributed by atoms with Gasteiger partial charge in [-0.15, -0.1) is 0 Å². The van der Waals surface area contributed by atoms with Crippen molar-refractivity contribution in [1.82, 2.24) is 5.32 Å². The Morgan fingerprint density at radius 3 is 2.38 bits per heavy atom. The quantitative estimate of drug-likeness (QED) is 0.782. The maximum Gasteiger partial charge on any atom is 0.407 e. The van der Waals surface area contributed by atoms with E-state index in [1.165, 1.54) is 0 Å². The Morgan fingerprint density at radius 2 is 1.86 bits per heavy atom. The smallest absolute Gasteiger partial charge is 0.407 e. The lowest BCUT2D eigenvalue weighted by atomic mass is 10.0. The lowest BCUT2D eigenvalue weighted by Gasteiger charge is -2.23. The first kappa shape index (κ1) is 17.0. The van der Waals surface area contributed by atoms with E-state index in [2.05, 4.69) is 5.32 Å². The number of amides is 1. The van der Waals surface area contributed by atoms with Crippen molar-refractivity contribution in [3.63, 3.8) is 0 Å². The average molecular weight is 295 g/mol. The molecule has 0 saturated heterocycles. The number of benzene rings is 1. The maximum absolute atomic E-state index is 12.1. The Morgan fingerprint density at radius 1 is 1.24 bits per heavy atom. The van der Waals surface area contributed by atoms with Gasteiger partial charge in [-0.2, -0.15) is 0 Å². The third kappa shape index (κ3) is 5.43. The van der Waals surface area contributed by atoms with Gasteiger partial charge in [0.1, 0.15) is 6.10 Å². The highest BCUT2D eigenvalue weighted by atomic mass is 16.6. The van der Waals surface area contributed by atoms with Crippen molar-refractivity contribution in [1.29, 1.82) is 0 Å². The molecule has 1 aromatic carbocycles. The molecule has 6 heteroatoms. The molecule has 0 saturated carbocycles. The van der Waals surface area contributed by atoms with E-state index in [1.807, 2.05) is 0 Å². The summed E-state index contributed by atoms with van der Waals surface area (Å²) in [6, 6.07) is 7.34. The van der Waals surface area contributed by atoms with Crippen LogP contribution < -0.4 is 5.32 Å². The van der Waals surface area contributed by atoms with E-state index in [1.54, 1.807) is 51.1 Å². The first-order valence-corrected chi connectivity index (χ1v) is 6.82. The SMILES string of the molecule is CCOC(=O)NC(C(=O)OC(C)C)C(O)c1ccccc1. The lowest BCUT2D eigenvalue weighted by Crippen LogP contribution is -2.46. The summed E-state index contributed by atoms with van der Waals surface area (Å²) < 4.78 is 9.81. The van der Waals surface area contributed by atoms with Crippen molar-refractivity contribution in [2.24, 2.45) is 0 Å². The minimum atomic E-state index is -1.23. The van der Waals surface area contributed by atoms with Crippen molar-refractivity contribution in [2.45, 2.75) is 39.0 Å². The first-order valence-electron chi connectivity index (χ1n) is 6.82. The standard InChI is InChI=1S/C15H21NO5/c1-4-20-15(19)16-12(14(18)21-10(2)3)13(17)11-8-6-5-7-9-11/h5-10,12-13,17H,4H2,1-3H3,(H,16,19). The van der Waals surface area contributed by atoms with Crippen LogP contribution in [-0.4, -0.2) is 35.9 Å². The van der Waals surface area contributed by atoms with Gasteiger partial charge in [-0.25, -0.2) is 9.59 Å². The third-order valence-corrected chi connectivity index (χ3v) is 2.61. The van der Waals surface area contributed by atoms with Crippen LogP contribution in [0.1, 0.15) is 32.4 Å². The van der Waals surface area contributed by atoms with Crippen LogP contribution in [0.15, 0.2) is 30.3 Å². The Bertz CT molecular complexity index is 460. The van der Waals surface area contributed by atoms with Gasteiger partial charge in [-0.1, -0.05) is 30.3 Å². The van der Waals surface area contributed by atoms with Crippen LogP contribution in [0.4, 0.5) is 4.79 Å². The molecular formula is C15H21NO5. The van der Waals surface area contributed by atoms with E-state index in [0.717, 1.165) is 0 Å². The topological polar surface area (TPSA) is 84.9 Å². The number of carbonyl (C=O) groups is 2. The molecule has 116 valence electrons. The van der Waals surface area contributed by atoms with Gasteiger partial charge in [-0.3, -0.25) is 0 Å². The molecular weight excluding hydrogens is 274 g/mol. The molecule has 2 atom stereocenters. The Balaban J connectivity index is 2.89. The summed E-state index contributed by atoms with van der Waals surface area (Å²) in [5.74, 6) is -0.714. The largest absolute Gasteiger partial charge is 0.461 e. The molecule has 0 aromatic heterocycles. The molecule has 0 heterocycles. The fourth-order valence-electron chi connectivity index (χ4n) is 1.71. The van der Waals surface area contributed by atoms with E-state index in [9.17, 15) is 14.7 Å². The Hall–Kier alpha value is -2.08. The highest BCUT2D eigenvalue weighted by molar-refractivity contribution is 5.82. The van der Waals surface area contributed by atoms with E-state index in [0.29, 0.717) is 5.56 Å². The van der Waals surface area contributed by atoms with Crippen LogP contribution in [0.2, 0.25) is 0 Å². The third-order valence-electron chi connectivity index (χ3n) is 2.61. The zero-order valence-electron chi connectivity index (χ0n) is 12.4. The average Bonchev–Trinajstić information content (AvgIpc) is 2.44. The number of ether oxygens (including phenoxy) is 2. The number of rotatable bonds is 6. The van der Waals surface area contributed by atoms with Gasteiger partial charge >= 0.3 is 12.1 Å². The molecule has 2 N–H and O–H groups in total. The molecule has 6 nitrogen and oxygen atoms in total. The highest BCUT2D eigenvalue weighted by Crippen LogP contribution is 2.18. The summed E-state index contributed by atoms with van der Waals surface area (Å²) in [5, 5.41) is 12.6. The number of hydrogen-bond acceptors (Lipinski definition) is 5. The molecule has 2 unspecified atom stereocenters. The van der Waals surface area contributed by atoms with Gasteiger partial charge in [0, 0.05) is 0 Å². The minimum absolute atomic E-state index is 0.166. The van der Waals surface area contributed by atoms with Crippen molar-refractivity contribution >= 4 is 12.1 Å². The van der Waals surface area contributed by atoms with Crippen LogP contribution in [-0.2, 0) is 14.3 Å². The molecule has 0 aliphatic rings. The van der Waals surface area contributed by atoms with E-state index in [-0.39, 0.29) is 12.7 Å². The maximum atomic E-state index is 12.1. The Kier molecular flexibility index (Phi) is 6.68. The number of carbonyl (C=O) groups excluding carboxylic acids is 2. The van der Waals surface area contributed by atoms with Crippen molar-refractivity contribution in [2.75, 3.05) is 6.61 Å². The second-order valence-electron chi connectivity index (χ2n) is 4.68. The molecule has 0 fully saturated rings. The van der Waals surface area contributed by atoms with Gasteiger partial charge in [0.25, 0.3) is 0 Å². The molecule has 0 aliphatic carbocycles. The summed E-state index contributed by atoms with van der Waals surface area (Å²) >= 11 is 0. The molecule has 1 rings (SSSR count). The lowest BCUT2D eigenvalue weighted by molar-refractivity contribution is -0.153. The molecule has 0 aliphatic heterocycles. The molecule has 0 radical (unpaired) electrons. The summed E-state index contributed by atoms with van der Waals surface area (Å²) in [5.41, 5.74) is 0.500. The predicted octanol–water partition coefficient (Wildman–Crippen LogP) is 1.79.